The first-order valence-electron chi connectivity index (χ1n) is 8.81. The summed E-state index contributed by atoms with van der Waals surface area (Å²) in [6, 6.07) is 12.0. The minimum atomic E-state index is -0.465. The van der Waals surface area contributed by atoms with Crippen LogP contribution in [0.25, 0.3) is 11.3 Å². The molecule has 4 rings (SSSR count). The Kier molecular flexibility index (Phi) is 4.60. The molecule has 0 bridgehead atoms. The zero-order valence-electron chi connectivity index (χ0n) is 15.1. The highest BCUT2D eigenvalue weighted by Crippen LogP contribution is 2.31. The fourth-order valence-corrected chi connectivity index (χ4v) is 3.76. The molecule has 0 fully saturated rings. The van der Waals surface area contributed by atoms with E-state index in [1.165, 1.54) is 6.07 Å². The number of carbonyl (C=O) groups is 1. The van der Waals surface area contributed by atoms with Crippen molar-refractivity contribution in [1.82, 2.24) is 15.1 Å². The van der Waals surface area contributed by atoms with Crippen LogP contribution in [0.2, 0.25) is 5.02 Å². The summed E-state index contributed by atoms with van der Waals surface area (Å²) in [7, 11) is 0. The number of hydrogen-bond acceptors (Lipinski definition) is 4. The Labute approximate surface area is 166 Å². The second kappa shape index (κ2) is 7.09. The molecule has 28 heavy (non-hydrogen) atoms. The summed E-state index contributed by atoms with van der Waals surface area (Å²) in [5.74, 6) is -0.218. The Morgan fingerprint density at radius 3 is 2.82 bits per heavy atom. The predicted octanol–water partition coefficient (Wildman–Crippen LogP) is 4.15. The van der Waals surface area contributed by atoms with Gasteiger partial charge < -0.3 is 4.90 Å². The van der Waals surface area contributed by atoms with Crippen molar-refractivity contribution in [2.45, 2.75) is 19.9 Å². The summed E-state index contributed by atoms with van der Waals surface area (Å²) in [5.41, 5.74) is 4.28. The van der Waals surface area contributed by atoms with Crippen molar-refractivity contribution >= 4 is 23.2 Å². The lowest BCUT2D eigenvalue weighted by Crippen LogP contribution is -2.36. The van der Waals surface area contributed by atoms with Crippen LogP contribution in [0.1, 0.15) is 27.2 Å². The van der Waals surface area contributed by atoms with Gasteiger partial charge in [-0.2, -0.15) is 5.10 Å². The van der Waals surface area contributed by atoms with Gasteiger partial charge >= 0.3 is 0 Å². The summed E-state index contributed by atoms with van der Waals surface area (Å²) < 4.78 is 0. The van der Waals surface area contributed by atoms with Gasteiger partial charge in [0.25, 0.3) is 11.6 Å². The molecule has 0 radical (unpaired) electrons. The number of benzene rings is 2. The lowest BCUT2D eigenvalue weighted by Gasteiger charge is -2.27. The summed E-state index contributed by atoms with van der Waals surface area (Å²) in [6.07, 6.45) is 0.641. The van der Waals surface area contributed by atoms with Gasteiger partial charge in [0.2, 0.25) is 0 Å². The Hall–Kier alpha value is -3.19. The monoisotopic (exact) mass is 396 g/mol. The van der Waals surface area contributed by atoms with Crippen molar-refractivity contribution in [1.29, 1.82) is 0 Å². The summed E-state index contributed by atoms with van der Waals surface area (Å²) in [5, 5.41) is 19.3. The highest BCUT2D eigenvalue weighted by Gasteiger charge is 2.28. The van der Waals surface area contributed by atoms with Gasteiger partial charge in [0, 0.05) is 58.5 Å². The molecule has 0 spiro atoms. The first kappa shape index (κ1) is 18.2. The lowest BCUT2D eigenvalue weighted by atomic mass is 9.99. The van der Waals surface area contributed by atoms with Crippen LogP contribution in [0, 0.1) is 17.0 Å². The third-order valence-corrected chi connectivity index (χ3v) is 5.29. The average molecular weight is 397 g/mol. The molecule has 2 heterocycles. The molecule has 0 unspecified atom stereocenters. The van der Waals surface area contributed by atoms with Crippen molar-refractivity contribution in [3.63, 3.8) is 0 Å². The van der Waals surface area contributed by atoms with Gasteiger partial charge in [-0.3, -0.25) is 20.0 Å². The molecule has 0 atom stereocenters. The van der Waals surface area contributed by atoms with Crippen LogP contribution >= 0.6 is 11.6 Å². The fourth-order valence-electron chi connectivity index (χ4n) is 3.57. The van der Waals surface area contributed by atoms with E-state index in [2.05, 4.69) is 10.2 Å². The van der Waals surface area contributed by atoms with Crippen molar-refractivity contribution in [3.05, 3.63) is 80.0 Å². The smallest absolute Gasteiger partial charge is 0.273 e. The number of aromatic amines is 1. The Morgan fingerprint density at radius 2 is 2.07 bits per heavy atom. The number of nitrogens with zero attached hydrogens (tertiary/aromatic N) is 3. The highest BCUT2D eigenvalue weighted by atomic mass is 35.5. The van der Waals surface area contributed by atoms with Gasteiger partial charge in [0.15, 0.2) is 0 Å². The first-order valence-corrected chi connectivity index (χ1v) is 9.19. The fraction of sp³-hybridized carbons (Fsp3) is 0.200. The van der Waals surface area contributed by atoms with Gasteiger partial charge in [0.05, 0.1) is 10.6 Å². The van der Waals surface area contributed by atoms with E-state index in [0.29, 0.717) is 35.7 Å². The van der Waals surface area contributed by atoms with Crippen molar-refractivity contribution in [2.24, 2.45) is 0 Å². The SMILES string of the molecule is Cc1c(C(=O)N2CCc3[nH]nc(-c4cccc(Cl)c4)c3C2)cccc1[N+](=O)[O-]. The number of rotatable bonds is 3. The first-order chi connectivity index (χ1) is 13.5. The average Bonchev–Trinajstić information content (AvgIpc) is 3.10. The summed E-state index contributed by atoms with van der Waals surface area (Å²) in [6.45, 7) is 2.51. The number of nitro benzene ring substituents is 1. The molecule has 7 nitrogen and oxygen atoms in total. The van der Waals surface area contributed by atoms with E-state index in [1.807, 2.05) is 18.2 Å². The van der Waals surface area contributed by atoms with Crippen LogP contribution in [-0.4, -0.2) is 32.5 Å². The summed E-state index contributed by atoms with van der Waals surface area (Å²) >= 11 is 6.10. The topological polar surface area (TPSA) is 92.1 Å². The maximum absolute atomic E-state index is 13.1. The zero-order chi connectivity index (χ0) is 19.8. The number of aromatic nitrogens is 2. The third kappa shape index (κ3) is 3.14. The van der Waals surface area contributed by atoms with E-state index >= 15 is 0 Å². The van der Waals surface area contributed by atoms with Crippen LogP contribution in [0.15, 0.2) is 42.5 Å². The van der Waals surface area contributed by atoms with Gasteiger partial charge in [-0.05, 0) is 25.1 Å². The van der Waals surface area contributed by atoms with E-state index in [4.69, 9.17) is 11.6 Å². The van der Waals surface area contributed by atoms with Crippen LogP contribution in [0.3, 0.4) is 0 Å². The largest absolute Gasteiger partial charge is 0.334 e. The Bertz CT molecular complexity index is 1090. The number of nitro groups is 1. The van der Waals surface area contributed by atoms with E-state index in [0.717, 1.165) is 22.5 Å². The molecule has 1 amide bonds. The molecular formula is C20H17ClN4O3. The third-order valence-electron chi connectivity index (χ3n) is 5.05. The maximum Gasteiger partial charge on any atom is 0.273 e. The molecule has 2 aromatic carbocycles. The van der Waals surface area contributed by atoms with E-state index in [1.54, 1.807) is 30.0 Å². The Balaban J connectivity index is 1.66. The van der Waals surface area contributed by atoms with E-state index in [9.17, 15) is 14.9 Å². The summed E-state index contributed by atoms with van der Waals surface area (Å²) in [4.78, 5) is 25.5. The van der Waals surface area contributed by atoms with Crippen molar-refractivity contribution in [3.8, 4) is 11.3 Å². The Morgan fingerprint density at radius 1 is 1.29 bits per heavy atom. The molecule has 1 aliphatic rings. The predicted molar refractivity (Wildman–Crippen MR) is 105 cm³/mol. The minimum Gasteiger partial charge on any atom is -0.334 e. The van der Waals surface area contributed by atoms with Gasteiger partial charge in [0.1, 0.15) is 0 Å². The van der Waals surface area contributed by atoms with Crippen LogP contribution < -0.4 is 0 Å². The number of nitrogens with one attached hydrogen (secondary N) is 1. The number of amides is 1. The molecule has 0 aliphatic carbocycles. The zero-order valence-corrected chi connectivity index (χ0v) is 15.9. The van der Waals surface area contributed by atoms with Crippen LogP contribution in [0.4, 0.5) is 5.69 Å². The number of fused-ring (bicyclic) bond motifs is 1. The highest BCUT2D eigenvalue weighted by molar-refractivity contribution is 6.30. The van der Waals surface area contributed by atoms with Gasteiger partial charge in [-0.15, -0.1) is 0 Å². The second-order valence-electron chi connectivity index (χ2n) is 6.72. The van der Waals surface area contributed by atoms with Gasteiger partial charge in [-0.25, -0.2) is 0 Å². The molecule has 0 saturated carbocycles. The number of H-pyrrole nitrogens is 1. The molecule has 8 heteroatoms. The standard InChI is InChI=1S/C20H17ClN4O3/c1-12-15(6-3-7-18(12)25(27)28)20(26)24-9-8-17-16(11-24)19(23-22-17)13-4-2-5-14(21)10-13/h2-7,10H,8-9,11H2,1H3,(H,22,23). The van der Waals surface area contributed by atoms with Crippen LogP contribution in [0.5, 0.6) is 0 Å². The molecule has 0 saturated heterocycles. The second-order valence-corrected chi connectivity index (χ2v) is 7.16. The maximum atomic E-state index is 13.1. The molecule has 3 aromatic rings. The molecule has 1 aliphatic heterocycles. The molecular weight excluding hydrogens is 380 g/mol. The number of halogens is 1. The minimum absolute atomic E-state index is 0.0496. The number of hydrogen-bond donors (Lipinski definition) is 1. The normalized spacial score (nSPS) is 13.3. The molecule has 1 aromatic heterocycles. The molecule has 142 valence electrons. The number of carbonyl (C=O) groups excluding carboxylic acids is 1. The van der Waals surface area contributed by atoms with E-state index < -0.39 is 4.92 Å². The van der Waals surface area contributed by atoms with Gasteiger partial charge in [-0.1, -0.05) is 29.8 Å². The molecule has 1 N–H and O–H groups in total. The van der Waals surface area contributed by atoms with Crippen molar-refractivity contribution < 1.29 is 9.72 Å². The van der Waals surface area contributed by atoms with Crippen molar-refractivity contribution in [2.75, 3.05) is 6.54 Å². The van der Waals surface area contributed by atoms with Crippen LogP contribution in [-0.2, 0) is 13.0 Å². The quantitative estimate of drug-likeness (QED) is 0.531. The van der Waals surface area contributed by atoms with E-state index in [-0.39, 0.29) is 11.6 Å². The lowest BCUT2D eigenvalue weighted by molar-refractivity contribution is -0.385.